The molecule has 1 N–H and O–H groups in total. The van der Waals surface area contributed by atoms with Gasteiger partial charge in [-0.15, -0.1) is 0 Å². The van der Waals surface area contributed by atoms with Crippen LogP contribution in [0.15, 0.2) is 29.6 Å². The molecular formula is C12H6ClN3O3S. The van der Waals surface area contributed by atoms with E-state index in [9.17, 15) is 14.9 Å². The molecule has 0 saturated carbocycles. The molecule has 0 aliphatic heterocycles. The molecule has 1 aromatic heterocycles. The number of benzene rings is 1. The maximum Gasteiger partial charge on any atom is 0.324 e. The first-order valence-electron chi connectivity index (χ1n) is 5.25. The van der Waals surface area contributed by atoms with Crippen LogP contribution in [0.4, 0.5) is 10.7 Å². The molecule has 100 valence electrons. The highest BCUT2D eigenvalue weighted by Gasteiger charge is 2.15. The Kier molecular flexibility index (Phi) is 3.98. The molecule has 1 heterocycles. The van der Waals surface area contributed by atoms with Gasteiger partial charge >= 0.3 is 5.00 Å². The zero-order valence-electron chi connectivity index (χ0n) is 9.79. The summed E-state index contributed by atoms with van der Waals surface area (Å²) in [5.74, 6) is -0.486. The summed E-state index contributed by atoms with van der Waals surface area (Å²) in [6, 6.07) is 7.56. The Morgan fingerprint density at radius 3 is 2.80 bits per heavy atom. The fourth-order valence-electron chi connectivity index (χ4n) is 1.43. The number of amides is 1. The van der Waals surface area contributed by atoms with Gasteiger partial charge in [-0.2, -0.15) is 5.26 Å². The molecule has 1 aromatic carbocycles. The number of halogens is 1. The van der Waals surface area contributed by atoms with Gasteiger partial charge in [0.15, 0.2) is 0 Å². The lowest BCUT2D eigenvalue weighted by Gasteiger charge is -2.04. The van der Waals surface area contributed by atoms with E-state index >= 15 is 0 Å². The predicted octanol–water partition coefficient (Wildman–Crippen LogP) is 3.43. The van der Waals surface area contributed by atoms with Crippen LogP contribution in [0.3, 0.4) is 0 Å². The first-order chi connectivity index (χ1) is 9.51. The molecule has 0 radical (unpaired) electrons. The number of nitriles is 1. The quantitative estimate of drug-likeness (QED) is 0.694. The molecule has 8 heteroatoms. The van der Waals surface area contributed by atoms with E-state index < -0.39 is 10.8 Å². The molecule has 1 amide bonds. The van der Waals surface area contributed by atoms with Crippen LogP contribution >= 0.6 is 22.9 Å². The Labute approximate surface area is 122 Å². The number of carbonyl (C=O) groups is 1. The number of thiophene rings is 1. The lowest BCUT2D eigenvalue weighted by atomic mass is 10.2. The summed E-state index contributed by atoms with van der Waals surface area (Å²) in [5, 5.41) is 23.5. The Bertz CT molecular complexity index is 736. The van der Waals surface area contributed by atoms with E-state index in [4.69, 9.17) is 16.9 Å². The standard InChI is InChI=1S/C12H6ClN3O3S/c13-10-2-1-9(3-7(10)5-14)15-12(17)8-4-11(16(18)19)20-6-8/h1-4,6H,(H,15,17). The van der Waals surface area contributed by atoms with Crippen LogP contribution < -0.4 is 5.32 Å². The molecule has 0 bridgehead atoms. The van der Waals surface area contributed by atoms with Crippen LogP contribution in [-0.4, -0.2) is 10.8 Å². The van der Waals surface area contributed by atoms with Gasteiger partial charge in [-0.25, -0.2) is 0 Å². The van der Waals surface area contributed by atoms with E-state index in [-0.39, 0.29) is 21.2 Å². The zero-order chi connectivity index (χ0) is 14.7. The van der Waals surface area contributed by atoms with Gasteiger partial charge in [-0.05, 0) is 18.2 Å². The fourth-order valence-corrected chi connectivity index (χ4v) is 2.30. The van der Waals surface area contributed by atoms with E-state index in [0.717, 1.165) is 11.3 Å². The van der Waals surface area contributed by atoms with Gasteiger partial charge in [-0.1, -0.05) is 22.9 Å². The Balaban J connectivity index is 2.19. The van der Waals surface area contributed by atoms with E-state index in [1.807, 2.05) is 6.07 Å². The van der Waals surface area contributed by atoms with Crippen molar-refractivity contribution in [3.63, 3.8) is 0 Å². The van der Waals surface area contributed by atoms with E-state index in [1.165, 1.54) is 23.6 Å². The second kappa shape index (κ2) is 5.69. The minimum Gasteiger partial charge on any atom is -0.322 e. The van der Waals surface area contributed by atoms with Crippen molar-refractivity contribution in [1.29, 1.82) is 5.26 Å². The molecule has 2 aromatic rings. The fraction of sp³-hybridized carbons (Fsp3) is 0. The summed E-state index contributed by atoms with van der Waals surface area (Å²) in [7, 11) is 0. The SMILES string of the molecule is N#Cc1cc(NC(=O)c2csc([N+](=O)[O-])c2)ccc1Cl. The lowest BCUT2D eigenvalue weighted by molar-refractivity contribution is -0.380. The Morgan fingerprint density at radius 2 is 2.20 bits per heavy atom. The largest absolute Gasteiger partial charge is 0.324 e. The Morgan fingerprint density at radius 1 is 1.45 bits per heavy atom. The average molecular weight is 308 g/mol. The summed E-state index contributed by atoms with van der Waals surface area (Å²) in [6.07, 6.45) is 0. The van der Waals surface area contributed by atoms with E-state index in [2.05, 4.69) is 5.32 Å². The summed E-state index contributed by atoms with van der Waals surface area (Å²) >= 11 is 6.65. The number of hydrogen-bond donors (Lipinski definition) is 1. The van der Waals surface area contributed by atoms with Crippen molar-refractivity contribution in [2.75, 3.05) is 5.32 Å². The highest BCUT2D eigenvalue weighted by molar-refractivity contribution is 7.13. The van der Waals surface area contributed by atoms with Gasteiger partial charge in [0.05, 0.1) is 21.1 Å². The van der Waals surface area contributed by atoms with E-state index in [0.29, 0.717) is 5.69 Å². The number of nitrogens with zero attached hydrogens (tertiary/aromatic N) is 2. The molecular weight excluding hydrogens is 302 g/mol. The van der Waals surface area contributed by atoms with Crippen molar-refractivity contribution in [1.82, 2.24) is 0 Å². The number of nitro groups is 1. The van der Waals surface area contributed by atoms with E-state index in [1.54, 1.807) is 6.07 Å². The van der Waals surface area contributed by atoms with Crippen LogP contribution in [0.5, 0.6) is 0 Å². The summed E-state index contributed by atoms with van der Waals surface area (Å²) < 4.78 is 0. The molecule has 0 fully saturated rings. The van der Waals surface area contributed by atoms with Gasteiger partial charge in [-0.3, -0.25) is 14.9 Å². The predicted molar refractivity (Wildman–Crippen MR) is 75.1 cm³/mol. The third kappa shape index (κ3) is 2.93. The first-order valence-corrected chi connectivity index (χ1v) is 6.51. The van der Waals surface area contributed by atoms with Crippen LogP contribution in [0.25, 0.3) is 0 Å². The monoisotopic (exact) mass is 307 g/mol. The Hall–Kier alpha value is -2.43. The van der Waals surface area contributed by atoms with Crippen molar-refractivity contribution in [2.45, 2.75) is 0 Å². The van der Waals surface area contributed by atoms with Crippen molar-refractivity contribution < 1.29 is 9.72 Å². The molecule has 20 heavy (non-hydrogen) atoms. The summed E-state index contributed by atoms with van der Waals surface area (Å²) in [6.45, 7) is 0. The second-order valence-corrected chi connectivity index (χ2v) is 4.99. The van der Waals surface area contributed by atoms with Crippen molar-refractivity contribution in [3.05, 3.63) is 55.9 Å². The molecule has 0 unspecified atom stereocenters. The highest BCUT2D eigenvalue weighted by atomic mass is 35.5. The number of hydrogen-bond acceptors (Lipinski definition) is 5. The highest BCUT2D eigenvalue weighted by Crippen LogP contribution is 2.24. The normalized spacial score (nSPS) is 9.80. The van der Waals surface area contributed by atoms with Crippen molar-refractivity contribution >= 4 is 39.5 Å². The topological polar surface area (TPSA) is 96.0 Å². The maximum atomic E-state index is 11.9. The van der Waals surface area contributed by atoms with Crippen LogP contribution in [0.2, 0.25) is 5.02 Å². The van der Waals surface area contributed by atoms with Gasteiger partial charge < -0.3 is 5.32 Å². The third-order valence-corrected chi connectivity index (χ3v) is 3.58. The minimum absolute atomic E-state index is 0.107. The minimum atomic E-state index is -0.558. The second-order valence-electron chi connectivity index (χ2n) is 3.69. The van der Waals surface area contributed by atoms with Gasteiger partial charge in [0.1, 0.15) is 6.07 Å². The molecule has 0 saturated heterocycles. The first kappa shape index (κ1) is 14.0. The molecule has 0 aliphatic carbocycles. The number of nitrogens with one attached hydrogen (secondary N) is 1. The van der Waals surface area contributed by atoms with Crippen molar-refractivity contribution in [3.8, 4) is 6.07 Å². The average Bonchev–Trinajstić information content (AvgIpc) is 2.91. The summed E-state index contributed by atoms with van der Waals surface area (Å²) in [4.78, 5) is 21.9. The number of anilines is 1. The molecule has 2 rings (SSSR count). The van der Waals surface area contributed by atoms with Crippen LogP contribution in [0, 0.1) is 21.4 Å². The third-order valence-electron chi connectivity index (χ3n) is 2.37. The molecule has 0 atom stereocenters. The van der Waals surface area contributed by atoms with Gasteiger partial charge in [0.2, 0.25) is 0 Å². The summed E-state index contributed by atoms with van der Waals surface area (Å²) in [5.41, 5.74) is 0.820. The van der Waals surface area contributed by atoms with Gasteiger partial charge in [0, 0.05) is 17.1 Å². The molecule has 0 aliphatic rings. The number of carbonyl (C=O) groups excluding carboxylic acids is 1. The lowest BCUT2D eigenvalue weighted by Crippen LogP contribution is -2.10. The smallest absolute Gasteiger partial charge is 0.322 e. The molecule has 6 nitrogen and oxygen atoms in total. The molecule has 0 spiro atoms. The van der Waals surface area contributed by atoms with Crippen molar-refractivity contribution in [2.24, 2.45) is 0 Å². The number of rotatable bonds is 3. The maximum absolute atomic E-state index is 11.9. The zero-order valence-corrected chi connectivity index (χ0v) is 11.4. The van der Waals surface area contributed by atoms with Crippen LogP contribution in [0.1, 0.15) is 15.9 Å². The van der Waals surface area contributed by atoms with Crippen LogP contribution in [-0.2, 0) is 0 Å². The van der Waals surface area contributed by atoms with Gasteiger partial charge in [0.25, 0.3) is 5.91 Å².